The molecule has 2 N–H and O–H groups in total. The number of thioether (sulfide) groups is 1. The smallest absolute Gasteiger partial charge is 0.288 e. The minimum Gasteiger partial charge on any atom is -0.399 e. The Kier molecular flexibility index (Phi) is 3.73. The van der Waals surface area contributed by atoms with Crippen LogP contribution in [0.3, 0.4) is 0 Å². The molecular weight excluding hydrogens is 304 g/mol. The van der Waals surface area contributed by atoms with Crippen molar-refractivity contribution in [3.05, 3.63) is 28.2 Å². The number of anilines is 1. The van der Waals surface area contributed by atoms with Gasteiger partial charge in [0.1, 0.15) is 0 Å². The van der Waals surface area contributed by atoms with Crippen LogP contribution in [0.15, 0.2) is 22.7 Å². The first-order valence-electron chi connectivity index (χ1n) is 5.09. The van der Waals surface area contributed by atoms with Crippen LogP contribution in [0.5, 0.6) is 0 Å². The summed E-state index contributed by atoms with van der Waals surface area (Å²) in [6.45, 7) is 0.297. The van der Waals surface area contributed by atoms with E-state index in [0.29, 0.717) is 24.4 Å². The molecule has 0 radical (unpaired) electrons. The summed E-state index contributed by atoms with van der Waals surface area (Å²) in [5.41, 5.74) is 7.16. The number of amides is 2. The Morgan fingerprint density at radius 3 is 2.82 bits per heavy atom. The highest BCUT2D eigenvalue weighted by molar-refractivity contribution is 9.10. The molecule has 90 valence electrons. The van der Waals surface area contributed by atoms with Crippen molar-refractivity contribution < 1.29 is 9.59 Å². The zero-order chi connectivity index (χ0) is 12.4. The number of rotatable bonds is 2. The third kappa shape index (κ3) is 2.81. The molecule has 1 heterocycles. The van der Waals surface area contributed by atoms with E-state index in [-0.39, 0.29) is 11.1 Å². The molecular formula is C11H11BrN2O2S. The average Bonchev–Trinajstić information content (AvgIpc) is 2.26. The van der Waals surface area contributed by atoms with Crippen LogP contribution in [0.25, 0.3) is 0 Å². The molecule has 1 saturated heterocycles. The van der Waals surface area contributed by atoms with E-state index < -0.39 is 0 Å². The van der Waals surface area contributed by atoms with Gasteiger partial charge in [0.15, 0.2) is 0 Å². The second-order valence-electron chi connectivity index (χ2n) is 3.70. The summed E-state index contributed by atoms with van der Waals surface area (Å²) in [6.07, 6.45) is 0.420. The van der Waals surface area contributed by atoms with Gasteiger partial charge < -0.3 is 5.73 Å². The van der Waals surface area contributed by atoms with Crippen LogP contribution in [-0.4, -0.2) is 21.8 Å². The van der Waals surface area contributed by atoms with Crippen LogP contribution in [0.4, 0.5) is 10.5 Å². The molecule has 0 unspecified atom stereocenters. The lowest BCUT2D eigenvalue weighted by Crippen LogP contribution is -2.37. The van der Waals surface area contributed by atoms with Gasteiger partial charge in [-0.1, -0.05) is 33.8 Å². The van der Waals surface area contributed by atoms with Gasteiger partial charge in [-0.15, -0.1) is 0 Å². The van der Waals surface area contributed by atoms with Crippen molar-refractivity contribution in [3.63, 3.8) is 0 Å². The van der Waals surface area contributed by atoms with E-state index in [1.165, 1.54) is 16.7 Å². The Balaban J connectivity index is 2.19. The summed E-state index contributed by atoms with van der Waals surface area (Å²) in [6, 6.07) is 5.34. The van der Waals surface area contributed by atoms with Crippen LogP contribution in [0.1, 0.15) is 12.0 Å². The zero-order valence-electron chi connectivity index (χ0n) is 8.98. The minimum absolute atomic E-state index is 0.113. The minimum atomic E-state index is -0.176. The maximum atomic E-state index is 11.6. The predicted molar refractivity (Wildman–Crippen MR) is 71.6 cm³/mol. The van der Waals surface area contributed by atoms with Gasteiger partial charge in [0.2, 0.25) is 5.91 Å². The Labute approximate surface area is 112 Å². The average molecular weight is 315 g/mol. The normalized spacial score (nSPS) is 16.4. The SMILES string of the molecule is Nc1ccc(CN2C(=O)CCSC2=O)c(Br)c1. The third-order valence-corrected chi connectivity index (χ3v) is 4.08. The summed E-state index contributed by atoms with van der Waals surface area (Å²) in [7, 11) is 0. The maximum Gasteiger partial charge on any atom is 0.288 e. The first kappa shape index (κ1) is 12.4. The summed E-state index contributed by atoms with van der Waals surface area (Å²) < 4.78 is 0.814. The highest BCUT2D eigenvalue weighted by Gasteiger charge is 2.27. The number of benzene rings is 1. The number of carbonyl (C=O) groups excluding carboxylic acids is 2. The lowest BCUT2D eigenvalue weighted by molar-refractivity contribution is -0.128. The summed E-state index contributed by atoms with van der Waals surface area (Å²) in [5, 5.41) is -0.176. The van der Waals surface area contributed by atoms with Gasteiger partial charge in [0.05, 0.1) is 6.54 Å². The highest BCUT2D eigenvalue weighted by Crippen LogP contribution is 2.25. The topological polar surface area (TPSA) is 63.4 Å². The molecule has 1 aromatic carbocycles. The second kappa shape index (κ2) is 5.10. The first-order valence-corrected chi connectivity index (χ1v) is 6.87. The molecule has 1 fully saturated rings. The first-order chi connectivity index (χ1) is 8.08. The molecule has 0 spiro atoms. The van der Waals surface area contributed by atoms with E-state index in [4.69, 9.17) is 5.73 Å². The molecule has 2 rings (SSSR count). The van der Waals surface area contributed by atoms with E-state index in [1.807, 2.05) is 6.07 Å². The monoisotopic (exact) mass is 314 g/mol. The molecule has 2 amide bonds. The molecule has 0 saturated carbocycles. The lowest BCUT2D eigenvalue weighted by Gasteiger charge is -2.24. The van der Waals surface area contributed by atoms with E-state index in [9.17, 15) is 9.59 Å². The fraction of sp³-hybridized carbons (Fsp3) is 0.273. The lowest BCUT2D eigenvalue weighted by atomic mass is 10.2. The van der Waals surface area contributed by atoms with Crippen LogP contribution >= 0.6 is 27.7 Å². The van der Waals surface area contributed by atoms with Crippen molar-refractivity contribution in [2.75, 3.05) is 11.5 Å². The predicted octanol–water partition coefficient (Wildman–Crippen LogP) is 2.62. The van der Waals surface area contributed by atoms with E-state index in [1.54, 1.807) is 12.1 Å². The molecule has 0 aromatic heterocycles. The molecule has 17 heavy (non-hydrogen) atoms. The number of nitrogen functional groups attached to an aromatic ring is 1. The maximum absolute atomic E-state index is 11.6. The second-order valence-corrected chi connectivity index (χ2v) is 5.60. The Morgan fingerprint density at radius 2 is 2.18 bits per heavy atom. The van der Waals surface area contributed by atoms with Crippen LogP contribution < -0.4 is 5.73 Å². The van der Waals surface area contributed by atoms with Crippen LogP contribution in [0.2, 0.25) is 0 Å². The quantitative estimate of drug-likeness (QED) is 0.852. The van der Waals surface area contributed by atoms with Gasteiger partial charge in [-0.05, 0) is 17.7 Å². The Hall–Kier alpha value is -1.01. The number of nitrogens with zero attached hydrogens (tertiary/aromatic N) is 1. The third-order valence-electron chi connectivity index (χ3n) is 2.47. The molecule has 0 bridgehead atoms. The molecule has 1 aromatic rings. The van der Waals surface area contributed by atoms with Gasteiger partial charge in [-0.3, -0.25) is 14.5 Å². The van der Waals surface area contributed by atoms with E-state index in [0.717, 1.165) is 10.0 Å². The molecule has 0 aliphatic carbocycles. The Morgan fingerprint density at radius 1 is 1.41 bits per heavy atom. The molecule has 1 aliphatic heterocycles. The number of imide groups is 1. The van der Waals surface area contributed by atoms with Crippen molar-refractivity contribution in [1.29, 1.82) is 0 Å². The summed E-state index contributed by atoms with van der Waals surface area (Å²) >= 11 is 4.56. The standard InChI is InChI=1S/C11H11BrN2O2S/c12-9-5-8(13)2-1-7(9)6-14-10(15)3-4-17-11(14)16/h1-2,5H,3-4,6,13H2. The molecule has 6 heteroatoms. The number of hydrogen-bond acceptors (Lipinski definition) is 4. The van der Waals surface area contributed by atoms with Gasteiger partial charge in [-0.25, -0.2) is 0 Å². The highest BCUT2D eigenvalue weighted by atomic mass is 79.9. The van der Waals surface area contributed by atoms with Gasteiger partial charge in [0.25, 0.3) is 5.24 Å². The molecule has 0 atom stereocenters. The molecule has 1 aliphatic rings. The van der Waals surface area contributed by atoms with Gasteiger partial charge in [-0.2, -0.15) is 0 Å². The van der Waals surface area contributed by atoms with Gasteiger partial charge >= 0.3 is 0 Å². The largest absolute Gasteiger partial charge is 0.399 e. The van der Waals surface area contributed by atoms with Crippen molar-refractivity contribution in [2.24, 2.45) is 0 Å². The fourth-order valence-electron chi connectivity index (χ4n) is 1.56. The van der Waals surface area contributed by atoms with Crippen LogP contribution in [0, 0.1) is 0 Å². The fourth-order valence-corrected chi connectivity index (χ4v) is 2.85. The molecule has 4 nitrogen and oxygen atoms in total. The van der Waals surface area contributed by atoms with Crippen molar-refractivity contribution in [1.82, 2.24) is 4.90 Å². The van der Waals surface area contributed by atoms with Crippen molar-refractivity contribution in [2.45, 2.75) is 13.0 Å². The summed E-state index contributed by atoms with van der Waals surface area (Å²) in [4.78, 5) is 24.5. The number of halogens is 1. The summed E-state index contributed by atoms with van der Waals surface area (Å²) in [5.74, 6) is 0.467. The number of hydrogen-bond donors (Lipinski definition) is 1. The van der Waals surface area contributed by atoms with E-state index >= 15 is 0 Å². The van der Waals surface area contributed by atoms with Crippen LogP contribution in [-0.2, 0) is 11.3 Å². The Bertz CT molecular complexity index is 463. The zero-order valence-corrected chi connectivity index (χ0v) is 11.4. The van der Waals surface area contributed by atoms with Crippen molar-refractivity contribution in [3.8, 4) is 0 Å². The number of nitrogens with two attached hydrogens (primary N) is 1. The number of carbonyl (C=O) groups is 2. The van der Waals surface area contributed by atoms with Gasteiger partial charge in [0, 0.05) is 22.3 Å². The van der Waals surface area contributed by atoms with Crippen molar-refractivity contribution >= 4 is 44.5 Å². The van der Waals surface area contributed by atoms with E-state index in [2.05, 4.69) is 15.9 Å².